The SMILES string of the molecule is OB(O)OCc1ccc(CC2CC2)cc1. The van der Waals surface area contributed by atoms with Crippen LogP contribution in [0.2, 0.25) is 0 Å². The highest BCUT2D eigenvalue weighted by Crippen LogP contribution is 2.32. The Kier molecular flexibility index (Phi) is 3.41. The zero-order valence-electron chi connectivity index (χ0n) is 8.60. The Morgan fingerprint density at radius 2 is 1.73 bits per heavy atom. The highest BCUT2D eigenvalue weighted by molar-refractivity contribution is 6.32. The van der Waals surface area contributed by atoms with Gasteiger partial charge in [-0.05, 0) is 36.3 Å². The van der Waals surface area contributed by atoms with Gasteiger partial charge in [-0.25, -0.2) is 0 Å². The average Bonchev–Trinajstić information content (AvgIpc) is 3.01. The summed E-state index contributed by atoms with van der Waals surface area (Å²) in [6.45, 7) is 0.237. The van der Waals surface area contributed by atoms with E-state index in [1.54, 1.807) is 0 Å². The molecule has 0 radical (unpaired) electrons. The lowest BCUT2D eigenvalue weighted by Crippen LogP contribution is -2.16. The van der Waals surface area contributed by atoms with Gasteiger partial charge in [0.15, 0.2) is 0 Å². The largest absolute Gasteiger partial charge is 0.634 e. The van der Waals surface area contributed by atoms with E-state index in [-0.39, 0.29) is 6.61 Å². The predicted octanol–water partition coefficient (Wildman–Crippen LogP) is 1.13. The Balaban J connectivity index is 1.85. The molecule has 1 aliphatic carbocycles. The molecule has 0 spiro atoms. The lowest BCUT2D eigenvalue weighted by Gasteiger charge is -2.04. The zero-order chi connectivity index (χ0) is 10.7. The van der Waals surface area contributed by atoms with Crippen molar-refractivity contribution in [2.75, 3.05) is 0 Å². The van der Waals surface area contributed by atoms with E-state index in [2.05, 4.69) is 16.8 Å². The molecular formula is C11H15BO3. The maximum Gasteiger partial charge on any atom is 0.634 e. The molecule has 1 aromatic carbocycles. The molecular weight excluding hydrogens is 191 g/mol. The molecule has 0 aliphatic heterocycles. The third kappa shape index (κ3) is 3.66. The van der Waals surface area contributed by atoms with Gasteiger partial charge in [-0.3, -0.25) is 0 Å². The molecule has 4 heteroatoms. The summed E-state index contributed by atoms with van der Waals surface area (Å²) in [5.74, 6) is 0.895. The second kappa shape index (κ2) is 4.79. The molecule has 1 fully saturated rings. The van der Waals surface area contributed by atoms with Crippen molar-refractivity contribution in [3.8, 4) is 0 Å². The van der Waals surface area contributed by atoms with Crippen LogP contribution in [-0.2, 0) is 17.7 Å². The van der Waals surface area contributed by atoms with Gasteiger partial charge in [0.05, 0.1) is 6.61 Å². The van der Waals surface area contributed by atoms with E-state index in [0.29, 0.717) is 0 Å². The summed E-state index contributed by atoms with van der Waals surface area (Å²) in [6, 6.07) is 8.11. The molecule has 1 aliphatic rings. The van der Waals surface area contributed by atoms with Crippen LogP contribution in [0.3, 0.4) is 0 Å². The van der Waals surface area contributed by atoms with Crippen molar-refractivity contribution in [2.45, 2.75) is 25.9 Å². The van der Waals surface area contributed by atoms with Crippen LogP contribution in [-0.4, -0.2) is 17.4 Å². The summed E-state index contributed by atoms with van der Waals surface area (Å²) in [5, 5.41) is 17.1. The molecule has 0 amide bonds. The van der Waals surface area contributed by atoms with Crippen LogP contribution in [0.25, 0.3) is 0 Å². The number of benzene rings is 1. The maximum atomic E-state index is 8.53. The van der Waals surface area contributed by atoms with Crippen molar-refractivity contribution in [3.05, 3.63) is 35.4 Å². The molecule has 0 bridgehead atoms. The standard InChI is InChI=1S/C11H15BO3/c13-12(14)15-8-11-5-3-10(4-6-11)7-9-1-2-9/h3-6,9,13-14H,1-2,7-8H2. The van der Waals surface area contributed by atoms with Gasteiger partial charge in [0.2, 0.25) is 0 Å². The van der Waals surface area contributed by atoms with Gasteiger partial charge in [-0.15, -0.1) is 0 Å². The molecule has 0 atom stereocenters. The Morgan fingerprint density at radius 1 is 1.13 bits per heavy atom. The fourth-order valence-electron chi connectivity index (χ4n) is 1.60. The van der Waals surface area contributed by atoms with E-state index in [1.807, 2.05) is 12.1 Å². The van der Waals surface area contributed by atoms with Crippen LogP contribution in [0.1, 0.15) is 24.0 Å². The van der Waals surface area contributed by atoms with E-state index < -0.39 is 7.32 Å². The van der Waals surface area contributed by atoms with Crippen molar-refractivity contribution in [1.82, 2.24) is 0 Å². The first-order valence-corrected chi connectivity index (χ1v) is 5.29. The summed E-state index contributed by atoms with van der Waals surface area (Å²) in [6.07, 6.45) is 3.90. The molecule has 2 rings (SSSR count). The van der Waals surface area contributed by atoms with Gasteiger partial charge in [-0.1, -0.05) is 24.3 Å². The van der Waals surface area contributed by atoms with Crippen molar-refractivity contribution in [2.24, 2.45) is 5.92 Å². The predicted molar refractivity (Wildman–Crippen MR) is 57.9 cm³/mol. The van der Waals surface area contributed by atoms with Gasteiger partial charge in [0, 0.05) is 0 Å². The van der Waals surface area contributed by atoms with Crippen LogP contribution in [0.5, 0.6) is 0 Å². The molecule has 15 heavy (non-hydrogen) atoms. The van der Waals surface area contributed by atoms with Gasteiger partial charge in [-0.2, -0.15) is 0 Å². The van der Waals surface area contributed by atoms with E-state index in [4.69, 9.17) is 10.0 Å². The number of hydrogen-bond acceptors (Lipinski definition) is 3. The van der Waals surface area contributed by atoms with Crippen LogP contribution >= 0.6 is 0 Å². The second-order valence-corrected chi connectivity index (χ2v) is 4.10. The lowest BCUT2D eigenvalue weighted by atomic mass is 10.1. The van der Waals surface area contributed by atoms with Gasteiger partial charge < -0.3 is 14.7 Å². The molecule has 0 saturated heterocycles. The summed E-state index contributed by atoms with van der Waals surface area (Å²) in [7, 11) is -1.68. The van der Waals surface area contributed by atoms with E-state index in [1.165, 1.54) is 24.8 Å². The first kappa shape index (κ1) is 10.7. The van der Waals surface area contributed by atoms with Crippen molar-refractivity contribution in [3.63, 3.8) is 0 Å². The Morgan fingerprint density at radius 3 is 2.27 bits per heavy atom. The second-order valence-electron chi connectivity index (χ2n) is 4.10. The third-order valence-corrected chi connectivity index (χ3v) is 2.64. The topological polar surface area (TPSA) is 49.7 Å². The van der Waals surface area contributed by atoms with Crippen molar-refractivity contribution in [1.29, 1.82) is 0 Å². The quantitative estimate of drug-likeness (QED) is 0.710. The van der Waals surface area contributed by atoms with Crippen LogP contribution in [0.15, 0.2) is 24.3 Å². The molecule has 0 heterocycles. The summed E-state index contributed by atoms with van der Waals surface area (Å²) in [4.78, 5) is 0. The Bertz CT molecular complexity index is 306. The minimum atomic E-state index is -1.68. The van der Waals surface area contributed by atoms with Crippen molar-refractivity contribution >= 4 is 7.32 Å². The van der Waals surface area contributed by atoms with Gasteiger partial charge in [0.1, 0.15) is 0 Å². The highest BCUT2D eigenvalue weighted by atomic mass is 16.6. The lowest BCUT2D eigenvalue weighted by molar-refractivity contribution is 0.177. The molecule has 2 N–H and O–H groups in total. The fourth-order valence-corrected chi connectivity index (χ4v) is 1.60. The van der Waals surface area contributed by atoms with E-state index >= 15 is 0 Å². The minimum absolute atomic E-state index is 0.237. The highest BCUT2D eigenvalue weighted by Gasteiger charge is 2.21. The van der Waals surface area contributed by atoms with Crippen LogP contribution in [0.4, 0.5) is 0 Å². The fraction of sp³-hybridized carbons (Fsp3) is 0.455. The van der Waals surface area contributed by atoms with Crippen molar-refractivity contribution < 1.29 is 14.7 Å². The van der Waals surface area contributed by atoms with Crippen LogP contribution < -0.4 is 0 Å². The monoisotopic (exact) mass is 206 g/mol. The third-order valence-electron chi connectivity index (χ3n) is 2.64. The molecule has 3 nitrogen and oxygen atoms in total. The molecule has 80 valence electrons. The minimum Gasteiger partial charge on any atom is -0.402 e. The van der Waals surface area contributed by atoms with E-state index in [0.717, 1.165) is 11.5 Å². The Labute approximate surface area is 89.9 Å². The molecule has 1 saturated carbocycles. The van der Waals surface area contributed by atoms with Gasteiger partial charge >= 0.3 is 7.32 Å². The first-order chi connectivity index (χ1) is 7.24. The summed E-state index contributed by atoms with van der Waals surface area (Å²) < 4.78 is 4.67. The maximum absolute atomic E-state index is 8.53. The number of rotatable bonds is 5. The summed E-state index contributed by atoms with van der Waals surface area (Å²) >= 11 is 0. The Hall–Kier alpha value is -0.835. The average molecular weight is 206 g/mol. The zero-order valence-corrected chi connectivity index (χ0v) is 8.60. The number of hydrogen-bond donors (Lipinski definition) is 2. The molecule has 0 unspecified atom stereocenters. The molecule has 1 aromatic rings. The smallest absolute Gasteiger partial charge is 0.402 e. The first-order valence-electron chi connectivity index (χ1n) is 5.29. The molecule has 0 aromatic heterocycles. The summed E-state index contributed by atoms with van der Waals surface area (Å²) in [5.41, 5.74) is 2.31. The normalized spacial score (nSPS) is 15.3. The van der Waals surface area contributed by atoms with Crippen LogP contribution in [0, 0.1) is 5.92 Å². The van der Waals surface area contributed by atoms with E-state index in [9.17, 15) is 0 Å². The van der Waals surface area contributed by atoms with Gasteiger partial charge in [0.25, 0.3) is 0 Å².